The highest BCUT2D eigenvalue weighted by Gasteiger charge is 2.47. The number of aliphatic hydroxyl groups excluding tert-OH is 1. The molecule has 1 fully saturated rings. The first-order chi connectivity index (χ1) is 16.6. The number of carbonyl (C=O) groups excluding carboxylic acids is 2. The molecule has 1 aromatic heterocycles. The van der Waals surface area contributed by atoms with Crippen molar-refractivity contribution in [3.05, 3.63) is 88.7 Å². The van der Waals surface area contributed by atoms with Gasteiger partial charge in [-0.1, -0.05) is 17.7 Å². The Morgan fingerprint density at radius 1 is 1.17 bits per heavy atom. The van der Waals surface area contributed by atoms with Crippen molar-refractivity contribution in [2.45, 2.75) is 17.9 Å². The van der Waals surface area contributed by atoms with Gasteiger partial charge in [0.05, 0.1) is 28.1 Å². The second-order valence-corrected chi connectivity index (χ2v) is 9.54. The Labute approximate surface area is 206 Å². The number of nitrogens with zero attached hydrogens (tertiary/aromatic N) is 2. The van der Waals surface area contributed by atoms with E-state index in [1.54, 1.807) is 19.1 Å². The summed E-state index contributed by atoms with van der Waals surface area (Å²) in [5.41, 5.74) is 0.763. The number of pyridine rings is 1. The van der Waals surface area contributed by atoms with Crippen LogP contribution in [0.1, 0.15) is 24.1 Å². The van der Waals surface area contributed by atoms with Crippen molar-refractivity contribution in [1.29, 1.82) is 0 Å². The highest BCUT2D eigenvalue weighted by molar-refractivity contribution is 7.89. The number of amides is 1. The number of carbonyl (C=O) groups is 2. The fourth-order valence-electron chi connectivity index (χ4n) is 3.82. The molecule has 4 rings (SSSR count). The summed E-state index contributed by atoms with van der Waals surface area (Å²) in [6.45, 7) is 2.11. The first-order valence-corrected chi connectivity index (χ1v) is 12.3. The quantitative estimate of drug-likeness (QED) is 0.292. The molecule has 9 nitrogen and oxygen atoms in total. The average molecular weight is 514 g/mol. The smallest absolute Gasteiger partial charge is 0.300 e. The lowest BCUT2D eigenvalue weighted by Gasteiger charge is -2.25. The molecular formula is C24H20ClN3O6S. The van der Waals surface area contributed by atoms with E-state index in [4.69, 9.17) is 21.5 Å². The van der Waals surface area contributed by atoms with Crippen LogP contribution in [0.15, 0.2) is 77.5 Å². The Morgan fingerprint density at radius 2 is 1.89 bits per heavy atom. The summed E-state index contributed by atoms with van der Waals surface area (Å²) in [6.07, 6.45) is 3.01. The lowest BCUT2D eigenvalue weighted by Crippen LogP contribution is -2.29. The highest BCUT2D eigenvalue weighted by atomic mass is 35.5. The Balaban J connectivity index is 1.90. The van der Waals surface area contributed by atoms with E-state index in [1.165, 1.54) is 59.8 Å². The number of ether oxygens (including phenoxy) is 1. The molecule has 1 aliphatic heterocycles. The van der Waals surface area contributed by atoms with Gasteiger partial charge in [0.2, 0.25) is 10.0 Å². The van der Waals surface area contributed by atoms with Gasteiger partial charge in [0.1, 0.15) is 11.5 Å². The van der Waals surface area contributed by atoms with E-state index in [9.17, 15) is 23.1 Å². The van der Waals surface area contributed by atoms with Crippen LogP contribution >= 0.6 is 11.6 Å². The SMILES string of the molecule is CCOc1cc(/C(O)=C2\C(=O)C(=O)N(c3ccc(S(N)(=O)=O)cc3)C2c2cccnc2)ccc1Cl. The van der Waals surface area contributed by atoms with Gasteiger partial charge in [-0.25, -0.2) is 13.6 Å². The van der Waals surface area contributed by atoms with Gasteiger partial charge in [-0.05, 0) is 61.0 Å². The molecule has 0 spiro atoms. The standard InChI is InChI=1S/C24H20ClN3O6S/c1-2-34-19-12-14(5-10-18(19)25)22(29)20-21(15-4-3-11-27-13-15)28(24(31)23(20)30)16-6-8-17(9-7-16)35(26,32)33/h3-13,21,29H,2H2,1H3,(H2,26,32,33)/b22-20+. The van der Waals surface area contributed by atoms with E-state index in [1.807, 2.05) is 0 Å². The molecule has 11 heteroatoms. The summed E-state index contributed by atoms with van der Waals surface area (Å²) >= 11 is 6.15. The van der Waals surface area contributed by atoms with Crippen LogP contribution in [0.5, 0.6) is 5.75 Å². The van der Waals surface area contributed by atoms with E-state index < -0.39 is 33.5 Å². The largest absolute Gasteiger partial charge is 0.507 e. The molecule has 1 saturated heterocycles. The zero-order chi connectivity index (χ0) is 25.3. The summed E-state index contributed by atoms with van der Waals surface area (Å²) in [5, 5.41) is 16.7. The minimum Gasteiger partial charge on any atom is -0.507 e. The van der Waals surface area contributed by atoms with Crippen molar-refractivity contribution in [3.63, 3.8) is 0 Å². The maximum atomic E-state index is 13.2. The molecule has 180 valence electrons. The number of hydrogen-bond donors (Lipinski definition) is 2. The first-order valence-electron chi connectivity index (χ1n) is 10.4. The summed E-state index contributed by atoms with van der Waals surface area (Å²) in [5.74, 6) is -1.93. The monoisotopic (exact) mass is 513 g/mol. The second kappa shape index (κ2) is 9.49. The van der Waals surface area contributed by atoms with Crippen molar-refractivity contribution in [3.8, 4) is 5.75 Å². The molecule has 0 radical (unpaired) electrons. The van der Waals surface area contributed by atoms with Crippen LogP contribution in [0.25, 0.3) is 5.76 Å². The molecule has 0 aliphatic carbocycles. The van der Waals surface area contributed by atoms with Gasteiger partial charge >= 0.3 is 0 Å². The van der Waals surface area contributed by atoms with E-state index >= 15 is 0 Å². The van der Waals surface area contributed by atoms with Gasteiger partial charge in [0.15, 0.2) is 0 Å². The molecule has 0 bridgehead atoms. The maximum absolute atomic E-state index is 13.2. The predicted molar refractivity (Wildman–Crippen MR) is 129 cm³/mol. The molecule has 35 heavy (non-hydrogen) atoms. The van der Waals surface area contributed by atoms with Crippen molar-refractivity contribution in [2.24, 2.45) is 5.14 Å². The van der Waals surface area contributed by atoms with Crippen LogP contribution < -0.4 is 14.8 Å². The third-order valence-electron chi connectivity index (χ3n) is 5.39. The molecule has 1 atom stereocenters. The number of primary sulfonamides is 1. The minimum absolute atomic E-state index is 0.152. The molecule has 1 unspecified atom stereocenters. The summed E-state index contributed by atoms with van der Waals surface area (Å²) < 4.78 is 28.8. The second-order valence-electron chi connectivity index (χ2n) is 7.57. The third kappa shape index (κ3) is 4.63. The number of hydrogen-bond acceptors (Lipinski definition) is 7. The lowest BCUT2D eigenvalue weighted by molar-refractivity contribution is -0.132. The van der Waals surface area contributed by atoms with Crippen LogP contribution in [-0.2, 0) is 19.6 Å². The number of aliphatic hydroxyl groups is 1. The van der Waals surface area contributed by atoms with Crippen molar-refractivity contribution in [1.82, 2.24) is 4.98 Å². The number of ketones is 1. The Hall–Kier alpha value is -3.73. The van der Waals surface area contributed by atoms with Crippen LogP contribution in [0, 0.1) is 0 Å². The zero-order valence-electron chi connectivity index (χ0n) is 18.4. The molecular weight excluding hydrogens is 494 g/mol. The van der Waals surface area contributed by atoms with Gasteiger partial charge in [-0.3, -0.25) is 19.5 Å². The fraction of sp³-hybridized carbons (Fsp3) is 0.125. The fourth-order valence-corrected chi connectivity index (χ4v) is 4.51. The molecule has 3 N–H and O–H groups in total. The number of Topliss-reactive ketones (excluding diaryl/α,β-unsaturated/α-hetero) is 1. The van der Waals surface area contributed by atoms with E-state index in [0.29, 0.717) is 22.9 Å². The number of anilines is 1. The van der Waals surface area contributed by atoms with Crippen LogP contribution in [-0.4, -0.2) is 36.8 Å². The van der Waals surface area contributed by atoms with Crippen LogP contribution in [0.2, 0.25) is 5.02 Å². The summed E-state index contributed by atoms with van der Waals surface area (Å²) in [4.78, 5) is 31.5. The molecule has 1 amide bonds. The van der Waals surface area contributed by atoms with E-state index in [-0.39, 0.29) is 21.7 Å². The number of halogens is 1. The van der Waals surface area contributed by atoms with Crippen molar-refractivity contribution < 1.29 is 27.9 Å². The summed E-state index contributed by atoms with van der Waals surface area (Å²) in [6, 6.07) is 12.0. The Bertz CT molecular complexity index is 1440. The van der Waals surface area contributed by atoms with Crippen molar-refractivity contribution >= 4 is 44.8 Å². The maximum Gasteiger partial charge on any atom is 0.300 e. The zero-order valence-corrected chi connectivity index (χ0v) is 20.0. The molecule has 2 heterocycles. The number of aromatic nitrogens is 1. The Morgan fingerprint density at radius 3 is 2.49 bits per heavy atom. The number of nitrogens with two attached hydrogens (primary N) is 1. The Kier molecular flexibility index (Phi) is 6.62. The number of benzene rings is 2. The van der Waals surface area contributed by atoms with Gasteiger partial charge < -0.3 is 9.84 Å². The van der Waals surface area contributed by atoms with Gasteiger partial charge in [-0.2, -0.15) is 0 Å². The molecule has 0 saturated carbocycles. The van der Waals surface area contributed by atoms with Gasteiger partial charge in [0.25, 0.3) is 11.7 Å². The number of rotatable bonds is 6. The average Bonchev–Trinajstić information content (AvgIpc) is 3.10. The third-order valence-corrected chi connectivity index (χ3v) is 6.63. The minimum atomic E-state index is -3.96. The van der Waals surface area contributed by atoms with Crippen LogP contribution in [0.4, 0.5) is 5.69 Å². The van der Waals surface area contributed by atoms with Gasteiger partial charge in [-0.15, -0.1) is 0 Å². The van der Waals surface area contributed by atoms with E-state index in [2.05, 4.69) is 4.98 Å². The number of sulfonamides is 1. The van der Waals surface area contributed by atoms with Gasteiger partial charge in [0, 0.05) is 23.6 Å². The lowest BCUT2D eigenvalue weighted by atomic mass is 9.96. The molecule has 3 aromatic rings. The molecule has 1 aliphatic rings. The predicted octanol–water partition coefficient (Wildman–Crippen LogP) is 3.41. The highest BCUT2D eigenvalue weighted by Crippen LogP contribution is 2.42. The topological polar surface area (TPSA) is 140 Å². The van der Waals surface area contributed by atoms with E-state index in [0.717, 1.165) is 0 Å². The van der Waals surface area contributed by atoms with Crippen molar-refractivity contribution in [2.75, 3.05) is 11.5 Å². The van der Waals surface area contributed by atoms with Crippen LogP contribution in [0.3, 0.4) is 0 Å². The summed E-state index contributed by atoms with van der Waals surface area (Å²) in [7, 11) is -3.96. The normalized spacial score (nSPS) is 17.6. The first kappa shape index (κ1) is 24.4. The molecule has 2 aromatic carbocycles.